The first-order valence-corrected chi connectivity index (χ1v) is 8.40. The van der Waals surface area contributed by atoms with E-state index in [1.54, 1.807) is 6.92 Å². The van der Waals surface area contributed by atoms with Crippen molar-refractivity contribution in [3.8, 4) is 0 Å². The van der Waals surface area contributed by atoms with E-state index in [9.17, 15) is 14.7 Å². The summed E-state index contributed by atoms with van der Waals surface area (Å²) in [4.78, 5) is 31.1. The molecule has 1 aliphatic rings. The second-order valence-corrected chi connectivity index (χ2v) is 6.79. The number of nitrogens with one attached hydrogen (secondary N) is 1. The molecule has 2 N–H and O–H groups in total. The van der Waals surface area contributed by atoms with Gasteiger partial charge in [-0.25, -0.2) is 9.78 Å². The van der Waals surface area contributed by atoms with E-state index in [0.29, 0.717) is 35.7 Å². The van der Waals surface area contributed by atoms with Crippen LogP contribution in [0.1, 0.15) is 39.6 Å². The van der Waals surface area contributed by atoms with E-state index in [1.807, 2.05) is 25.1 Å². The third-order valence-electron chi connectivity index (χ3n) is 4.92. The fraction of sp³-hybridized carbons (Fsp3) is 0.316. The number of nitrogens with zero attached hydrogens (tertiary/aromatic N) is 2. The molecule has 1 atom stereocenters. The highest BCUT2D eigenvalue weighted by Gasteiger charge is 2.44. The van der Waals surface area contributed by atoms with Gasteiger partial charge in [-0.3, -0.25) is 9.78 Å². The fourth-order valence-corrected chi connectivity index (χ4v) is 3.67. The quantitative estimate of drug-likeness (QED) is 0.681. The highest BCUT2D eigenvalue weighted by Crippen LogP contribution is 2.41. The molecule has 26 heavy (non-hydrogen) atoms. The zero-order valence-corrected chi connectivity index (χ0v) is 14.8. The lowest BCUT2D eigenvalue weighted by atomic mass is 9.82. The van der Waals surface area contributed by atoms with Crippen LogP contribution in [0.25, 0.3) is 0 Å². The molecular formula is C19H19N3O4. The minimum absolute atomic E-state index is 0.0427. The van der Waals surface area contributed by atoms with Crippen LogP contribution < -0.4 is 11.2 Å². The average molecular weight is 353 g/mol. The van der Waals surface area contributed by atoms with Crippen LogP contribution in [0.2, 0.25) is 0 Å². The Morgan fingerprint density at radius 2 is 2.00 bits per heavy atom. The van der Waals surface area contributed by atoms with E-state index < -0.39 is 16.9 Å². The Hall–Kier alpha value is -2.93. The number of H-pyrrole nitrogens is 1. The first kappa shape index (κ1) is 16.5. The Bertz CT molecular complexity index is 1140. The third kappa shape index (κ3) is 2.28. The lowest BCUT2D eigenvalue weighted by Crippen LogP contribution is -2.41. The summed E-state index contributed by atoms with van der Waals surface area (Å²) in [5, 5.41) is 11.9. The molecule has 0 amide bonds. The van der Waals surface area contributed by atoms with Gasteiger partial charge in [-0.05, 0) is 24.5 Å². The zero-order valence-electron chi connectivity index (χ0n) is 14.8. The number of aromatic nitrogens is 3. The SMILES string of the molecule is Cc1ccc2c(c1)CCc1oc(C)nc1C2(O)c1cn(C)c(=O)[nH]c1=O. The molecule has 2 aromatic heterocycles. The lowest BCUT2D eigenvalue weighted by molar-refractivity contribution is 0.117. The first-order valence-electron chi connectivity index (χ1n) is 8.40. The topological polar surface area (TPSA) is 101 Å². The summed E-state index contributed by atoms with van der Waals surface area (Å²) >= 11 is 0. The van der Waals surface area contributed by atoms with Crippen molar-refractivity contribution in [2.45, 2.75) is 32.3 Å². The standard InChI is InChI=1S/C19H19N3O4/c1-10-4-6-13-12(8-10)5-7-15-16(20-11(2)26-15)19(13,25)14-9-22(3)18(24)21-17(14)23/h4,6,8-9,25H,5,7H2,1-3H3,(H,21,23,24). The molecule has 0 aliphatic heterocycles. The number of oxazole rings is 1. The van der Waals surface area contributed by atoms with Crippen LogP contribution in [-0.4, -0.2) is 19.6 Å². The second-order valence-electron chi connectivity index (χ2n) is 6.79. The summed E-state index contributed by atoms with van der Waals surface area (Å²) in [6, 6.07) is 5.70. The Balaban J connectivity index is 2.13. The summed E-state index contributed by atoms with van der Waals surface area (Å²) < 4.78 is 6.94. The van der Waals surface area contributed by atoms with Crippen molar-refractivity contribution in [2.75, 3.05) is 0 Å². The molecule has 0 saturated carbocycles. The number of fused-ring (bicyclic) bond motifs is 2. The highest BCUT2D eigenvalue weighted by molar-refractivity contribution is 5.50. The molecule has 1 aliphatic carbocycles. The van der Waals surface area contributed by atoms with Crippen LogP contribution in [0.4, 0.5) is 0 Å². The van der Waals surface area contributed by atoms with Crippen LogP contribution in [0.3, 0.4) is 0 Å². The number of hydrogen-bond donors (Lipinski definition) is 2. The molecule has 0 bridgehead atoms. The molecule has 0 radical (unpaired) electrons. The predicted octanol–water partition coefficient (Wildman–Crippen LogP) is 1.06. The maximum absolute atomic E-state index is 12.6. The van der Waals surface area contributed by atoms with E-state index in [-0.39, 0.29) is 5.56 Å². The van der Waals surface area contributed by atoms with Gasteiger partial charge in [-0.1, -0.05) is 23.8 Å². The van der Waals surface area contributed by atoms with Gasteiger partial charge in [0, 0.05) is 26.6 Å². The van der Waals surface area contributed by atoms with Gasteiger partial charge in [-0.2, -0.15) is 0 Å². The summed E-state index contributed by atoms with van der Waals surface area (Å²) in [6.07, 6.45) is 2.59. The lowest BCUT2D eigenvalue weighted by Gasteiger charge is -2.28. The van der Waals surface area contributed by atoms with Crippen molar-refractivity contribution in [3.63, 3.8) is 0 Å². The Kier molecular flexibility index (Phi) is 3.52. The number of hydrogen-bond acceptors (Lipinski definition) is 5. The zero-order chi connectivity index (χ0) is 18.6. The van der Waals surface area contributed by atoms with Crippen molar-refractivity contribution in [1.29, 1.82) is 0 Å². The van der Waals surface area contributed by atoms with Gasteiger partial charge in [0.2, 0.25) is 0 Å². The van der Waals surface area contributed by atoms with E-state index >= 15 is 0 Å². The predicted molar refractivity (Wildman–Crippen MR) is 94.2 cm³/mol. The fourth-order valence-electron chi connectivity index (χ4n) is 3.67. The van der Waals surface area contributed by atoms with E-state index in [4.69, 9.17) is 4.42 Å². The summed E-state index contributed by atoms with van der Waals surface area (Å²) in [6.45, 7) is 3.68. The molecular weight excluding hydrogens is 334 g/mol. The molecule has 0 fully saturated rings. The van der Waals surface area contributed by atoms with Crippen molar-refractivity contribution >= 4 is 0 Å². The summed E-state index contributed by atoms with van der Waals surface area (Å²) in [7, 11) is 1.52. The Morgan fingerprint density at radius 3 is 2.77 bits per heavy atom. The highest BCUT2D eigenvalue weighted by atomic mass is 16.4. The molecule has 1 unspecified atom stereocenters. The van der Waals surface area contributed by atoms with Gasteiger partial charge in [-0.15, -0.1) is 0 Å². The average Bonchev–Trinajstić information content (AvgIpc) is 2.92. The molecule has 2 heterocycles. The molecule has 1 aromatic carbocycles. The van der Waals surface area contributed by atoms with Crippen LogP contribution in [0.15, 0.2) is 38.4 Å². The maximum Gasteiger partial charge on any atom is 0.328 e. The largest absolute Gasteiger partial charge is 0.446 e. The molecule has 0 saturated heterocycles. The van der Waals surface area contributed by atoms with Crippen LogP contribution in [-0.2, 0) is 25.5 Å². The van der Waals surface area contributed by atoms with Gasteiger partial charge in [0.1, 0.15) is 11.5 Å². The Morgan fingerprint density at radius 1 is 1.23 bits per heavy atom. The van der Waals surface area contributed by atoms with E-state index in [2.05, 4.69) is 9.97 Å². The van der Waals surface area contributed by atoms with Crippen LogP contribution in [0, 0.1) is 13.8 Å². The third-order valence-corrected chi connectivity index (χ3v) is 4.92. The van der Waals surface area contributed by atoms with Gasteiger partial charge >= 0.3 is 5.69 Å². The maximum atomic E-state index is 12.6. The molecule has 134 valence electrons. The van der Waals surface area contributed by atoms with Crippen LogP contribution in [0.5, 0.6) is 0 Å². The van der Waals surface area contributed by atoms with Gasteiger partial charge < -0.3 is 14.1 Å². The normalized spacial score (nSPS) is 18.9. The van der Waals surface area contributed by atoms with Crippen molar-refractivity contribution < 1.29 is 9.52 Å². The molecule has 7 nitrogen and oxygen atoms in total. The number of benzene rings is 1. The first-order chi connectivity index (χ1) is 12.3. The number of aromatic amines is 1. The molecule has 0 spiro atoms. The summed E-state index contributed by atoms with van der Waals surface area (Å²) in [5.41, 5.74) is -0.0738. The van der Waals surface area contributed by atoms with Gasteiger partial charge in [0.25, 0.3) is 5.56 Å². The van der Waals surface area contributed by atoms with Gasteiger partial charge in [0.15, 0.2) is 11.5 Å². The van der Waals surface area contributed by atoms with Gasteiger partial charge in [0.05, 0.1) is 5.56 Å². The number of aryl methyl sites for hydroxylation is 5. The van der Waals surface area contributed by atoms with E-state index in [0.717, 1.165) is 11.1 Å². The molecule has 4 rings (SSSR count). The molecule has 7 heteroatoms. The van der Waals surface area contributed by atoms with Crippen LogP contribution >= 0.6 is 0 Å². The monoisotopic (exact) mass is 353 g/mol. The smallest absolute Gasteiger partial charge is 0.328 e. The minimum atomic E-state index is -1.80. The summed E-state index contributed by atoms with van der Waals surface area (Å²) in [5.74, 6) is 0.970. The van der Waals surface area contributed by atoms with E-state index in [1.165, 1.54) is 17.8 Å². The number of rotatable bonds is 1. The number of aliphatic hydroxyl groups is 1. The van der Waals surface area contributed by atoms with Crippen molar-refractivity contribution in [1.82, 2.24) is 14.5 Å². The minimum Gasteiger partial charge on any atom is -0.446 e. The van der Waals surface area contributed by atoms with Crippen molar-refractivity contribution in [3.05, 3.63) is 84.8 Å². The second kappa shape index (κ2) is 5.54. The Labute approximate surface area is 149 Å². The van der Waals surface area contributed by atoms with Crippen molar-refractivity contribution in [2.24, 2.45) is 7.05 Å². The molecule has 3 aromatic rings.